The third kappa shape index (κ3) is 1.40. The van der Waals surface area contributed by atoms with Gasteiger partial charge in [-0.25, -0.2) is 13.2 Å². The van der Waals surface area contributed by atoms with E-state index in [1.807, 2.05) is 0 Å². The van der Waals surface area contributed by atoms with Crippen molar-refractivity contribution < 1.29 is 13.2 Å². The second-order valence-corrected chi connectivity index (χ2v) is 4.12. The second-order valence-electron chi connectivity index (χ2n) is 2.76. The number of thiophene rings is 1. The molecule has 0 saturated heterocycles. The third-order valence-corrected chi connectivity index (χ3v) is 3.35. The molecule has 0 fully saturated rings. The van der Waals surface area contributed by atoms with Gasteiger partial charge in [-0.3, -0.25) is 0 Å². The Bertz CT molecular complexity index is 476. The first kappa shape index (κ1) is 9.86. The molecule has 2 aromatic rings. The lowest BCUT2D eigenvalue weighted by Gasteiger charge is -2.05. The minimum Gasteiger partial charge on any atom is -0.205 e. The van der Waals surface area contributed by atoms with E-state index >= 15 is 0 Å². The normalized spacial score (nSPS) is 11.5. The van der Waals surface area contributed by atoms with Crippen LogP contribution in [-0.2, 0) is 0 Å². The molecule has 0 aliphatic rings. The van der Waals surface area contributed by atoms with Crippen molar-refractivity contribution in [3.05, 3.63) is 28.9 Å². The van der Waals surface area contributed by atoms with Crippen LogP contribution in [-0.4, -0.2) is 0 Å². The Kier molecular flexibility index (Phi) is 2.45. The van der Waals surface area contributed by atoms with Gasteiger partial charge in [-0.1, -0.05) is 0 Å². The Balaban J connectivity index is 2.82. The van der Waals surface area contributed by atoms with Crippen molar-refractivity contribution in [2.24, 2.45) is 0 Å². The summed E-state index contributed by atoms with van der Waals surface area (Å²) in [6.07, 6.45) is -2.69. The molecule has 0 radical (unpaired) electrons. The van der Waals surface area contributed by atoms with Gasteiger partial charge in [-0.05, 0) is 17.5 Å². The fraction of sp³-hybridized carbons (Fsp3) is 0.111. The lowest BCUT2D eigenvalue weighted by Crippen LogP contribution is -1.89. The van der Waals surface area contributed by atoms with Crippen molar-refractivity contribution >= 4 is 34.1 Å². The van der Waals surface area contributed by atoms with Crippen molar-refractivity contribution in [2.45, 2.75) is 11.3 Å². The van der Waals surface area contributed by atoms with E-state index in [0.29, 0.717) is 10.1 Å². The molecule has 0 spiro atoms. The maximum atomic E-state index is 13.3. The minimum absolute atomic E-state index is 0.164. The van der Waals surface area contributed by atoms with E-state index in [1.165, 1.54) is 11.3 Å². The Morgan fingerprint density at radius 2 is 2.07 bits per heavy atom. The van der Waals surface area contributed by atoms with Crippen LogP contribution in [0.25, 0.3) is 10.1 Å². The summed E-state index contributed by atoms with van der Waals surface area (Å²) in [6, 6.07) is 2.45. The number of halogens is 3. The average molecular weight is 234 g/mol. The van der Waals surface area contributed by atoms with Crippen LogP contribution in [0.1, 0.15) is 12.0 Å². The monoisotopic (exact) mass is 234 g/mol. The van der Waals surface area contributed by atoms with Crippen LogP contribution in [0, 0.1) is 5.82 Å². The van der Waals surface area contributed by atoms with Gasteiger partial charge in [-0.15, -0.1) is 24.0 Å². The SMILES string of the molecule is Fc1cc(C(F)F)c(S)c2ccsc12. The first-order valence-electron chi connectivity index (χ1n) is 3.78. The molecule has 0 saturated carbocycles. The maximum absolute atomic E-state index is 13.3. The van der Waals surface area contributed by atoms with Crippen LogP contribution in [0.5, 0.6) is 0 Å². The van der Waals surface area contributed by atoms with Gasteiger partial charge in [0.1, 0.15) is 5.82 Å². The molecule has 1 aromatic carbocycles. The van der Waals surface area contributed by atoms with E-state index in [4.69, 9.17) is 0 Å². The zero-order valence-corrected chi connectivity index (χ0v) is 8.51. The van der Waals surface area contributed by atoms with Crippen LogP contribution < -0.4 is 0 Å². The number of benzene rings is 1. The van der Waals surface area contributed by atoms with Crippen LogP contribution in [0.2, 0.25) is 0 Å². The van der Waals surface area contributed by atoms with Gasteiger partial charge < -0.3 is 0 Å². The molecular formula is C9H5F3S2. The molecule has 2 rings (SSSR count). The summed E-state index contributed by atoms with van der Waals surface area (Å²) >= 11 is 5.16. The number of fused-ring (bicyclic) bond motifs is 1. The van der Waals surface area contributed by atoms with Gasteiger partial charge in [0, 0.05) is 15.8 Å². The Labute approximate surface area is 87.8 Å². The van der Waals surface area contributed by atoms with Crippen molar-refractivity contribution in [3.63, 3.8) is 0 Å². The molecule has 0 atom stereocenters. The van der Waals surface area contributed by atoms with Crippen molar-refractivity contribution in [3.8, 4) is 0 Å². The van der Waals surface area contributed by atoms with Gasteiger partial charge in [0.15, 0.2) is 0 Å². The molecule has 0 nitrogen and oxygen atoms in total. The molecular weight excluding hydrogens is 229 g/mol. The molecule has 1 aromatic heterocycles. The fourth-order valence-electron chi connectivity index (χ4n) is 1.27. The van der Waals surface area contributed by atoms with Crippen LogP contribution in [0.15, 0.2) is 22.4 Å². The molecule has 1 heterocycles. The van der Waals surface area contributed by atoms with E-state index < -0.39 is 12.2 Å². The van der Waals surface area contributed by atoms with E-state index in [-0.39, 0.29) is 10.5 Å². The Morgan fingerprint density at radius 1 is 1.36 bits per heavy atom. The van der Waals surface area contributed by atoms with E-state index in [9.17, 15) is 13.2 Å². The van der Waals surface area contributed by atoms with E-state index in [0.717, 1.165) is 6.07 Å². The predicted octanol–water partition coefficient (Wildman–Crippen LogP) is 4.27. The highest BCUT2D eigenvalue weighted by Crippen LogP contribution is 2.36. The molecule has 0 N–H and O–H groups in total. The predicted molar refractivity (Wildman–Crippen MR) is 54.0 cm³/mol. The van der Waals surface area contributed by atoms with Crippen LogP contribution in [0.3, 0.4) is 0 Å². The molecule has 14 heavy (non-hydrogen) atoms. The topological polar surface area (TPSA) is 0 Å². The summed E-state index contributed by atoms with van der Waals surface area (Å²) in [5, 5.41) is 2.11. The van der Waals surface area contributed by atoms with E-state index in [2.05, 4.69) is 12.6 Å². The molecule has 74 valence electrons. The minimum atomic E-state index is -2.69. The highest BCUT2D eigenvalue weighted by molar-refractivity contribution is 7.80. The quantitative estimate of drug-likeness (QED) is 0.700. The second kappa shape index (κ2) is 3.47. The zero-order chi connectivity index (χ0) is 10.3. The van der Waals surface area contributed by atoms with E-state index in [1.54, 1.807) is 11.4 Å². The highest BCUT2D eigenvalue weighted by atomic mass is 32.1. The van der Waals surface area contributed by atoms with Gasteiger partial charge in [-0.2, -0.15) is 0 Å². The number of hydrogen-bond donors (Lipinski definition) is 1. The molecule has 0 unspecified atom stereocenters. The van der Waals surface area contributed by atoms with Crippen molar-refractivity contribution in [2.75, 3.05) is 0 Å². The molecule has 0 bridgehead atoms. The van der Waals surface area contributed by atoms with Gasteiger partial charge in [0.25, 0.3) is 6.43 Å². The summed E-state index contributed by atoms with van der Waals surface area (Å²) < 4.78 is 38.5. The summed E-state index contributed by atoms with van der Waals surface area (Å²) in [5.74, 6) is -0.608. The number of thiol groups is 1. The highest BCUT2D eigenvalue weighted by Gasteiger charge is 2.17. The molecule has 0 aliphatic carbocycles. The lowest BCUT2D eigenvalue weighted by atomic mass is 10.1. The lowest BCUT2D eigenvalue weighted by molar-refractivity contribution is 0.148. The largest absolute Gasteiger partial charge is 0.265 e. The Hall–Kier alpha value is -0.680. The third-order valence-electron chi connectivity index (χ3n) is 1.93. The van der Waals surface area contributed by atoms with Gasteiger partial charge >= 0.3 is 0 Å². The maximum Gasteiger partial charge on any atom is 0.265 e. The number of alkyl halides is 2. The summed E-state index contributed by atoms with van der Waals surface area (Å²) in [6.45, 7) is 0. The Morgan fingerprint density at radius 3 is 2.71 bits per heavy atom. The smallest absolute Gasteiger partial charge is 0.205 e. The molecule has 5 heteroatoms. The van der Waals surface area contributed by atoms with Gasteiger partial charge in [0.05, 0.1) is 4.70 Å². The van der Waals surface area contributed by atoms with Gasteiger partial charge in [0.2, 0.25) is 0 Å². The average Bonchev–Trinajstić information content (AvgIpc) is 2.59. The number of hydrogen-bond acceptors (Lipinski definition) is 2. The standard InChI is InChI=1S/C9H5F3S2/c10-6-3-5(9(11)12)7(13)4-1-2-14-8(4)6/h1-3,9,13H. The molecule has 0 aliphatic heterocycles. The van der Waals surface area contributed by atoms with Crippen LogP contribution in [0.4, 0.5) is 13.2 Å². The zero-order valence-electron chi connectivity index (χ0n) is 6.80. The molecule has 0 amide bonds. The van der Waals surface area contributed by atoms with Crippen molar-refractivity contribution in [1.29, 1.82) is 0 Å². The summed E-state index contributed by atoms with van der Waals surface area (Å²) in [4.78, 5) is 0.164. The van der Waals surface area contributed by atoms with Crippen molar-refractivity contribution in [1.82, 2.24) is 0 Å². The fourth-order valence-corrected chi connectivity index (χ4v) is 2.51. The van der Waals surface area contributed by atoms with Crippen LogP contribution >= 0.6 is 24.0 Å². The first-order valence-corrected chi connectivity index (χ1v) is 5.10. The summed E-state index contributed by atoms with van der Waals surface area (Å²) in [7, 11) is 0. The number of rotatable bonds is 1. The first-order chi connectivity index (χ1) is 6.61. The summed E-state index contributed by atoms with van der Waals surface area (Å²) in [5.41, 5.74) is -0.350.